The van der Waals surface area contributed by atoms with Crippen molar-refractivity contribution >= 4 is 40.9 Å². The van der Waals surface area contributed by atoms with E-state index in [1.54, 1.807) is 42.5 Å². The summed E-state index contributed by atoms with van der Waals surface area (Å²) in [7, 11) is 0. The second-order valence-electron chi connectivity index (χ2n) is 4.46. The summed E-state index contributed by atoms with van der Waals surface area (Å²) in [5.74, 6) is -0.612. The van der Waals surface area contributed by atoms with E-state index >= 15 is 0 Å². The zero-order valence-electron chi connectivity index (χ0n) is 11.7. The first kappa shape index (κ1) is 16.6. The average molecular weight is 342 g/mol. The first-order valence-corrected chi connectivity index (χ1v) is 7.18. The van der Waals surface area contributed by atoms with Crippen molar-refractivity contribution in [3.05, 3.63) is 69.2 Å². The fraction of sp³-hybridized carbons (Fsp3) is 0. The van der Waals surface area contributed by atoms with Gasteiger partial charge in [-0.15, -0.1) is 0 Å². The molecule has 4 nitrogen and oxygen atoms in total. The van der Waals surface area contributed by atoms with Crippen LogP contribution in [0, 0.1) is 22.7 Å². The van der Waals surface area contributed by atoms with Crippen LogP contribution in [0.25, 0.3) is 6.08 Å². The zero-order valence-corrected chi connectivity index (χ0v) is 13.2. The monoisotopic (exact) mass is 341 g/mol. The number of nitrogens with zero attached hydrogens (tertiary/aromatic N) is 2. The van der Waals surface area contributed by atoms with Gasteiger partial charge < -0.3 is 5.32 Å². The van der Waals surface area contributed by atoms with Gasteiger partial charge in [0.2, 0.25) is 0 Å². The molecule has 0 aliphatic heterocycles. The number of carbonyl (C=O) groups excluding carboxylic acids is 1. The fourth-order valence-electron chi connectivity index (χ4n) is 1.80. The van der Waals surface area contributed by atoms with Gasteiger partial charge in [-0.25, -0.2) is 0 Å². The van der Waals surface area contributed by atoms with Gasteiger partial charge in [0.25, 0.3) is 5.91 Å². The summed E-state index contributed by atoms with van der Waals surface area (Å²) in [4.78, 5) is 12.2. The highest BCUT2D eigenvalue weighted by atomic mass is 35.5. The molecule has 0 atom stereocenters. The highest BCUT2D eigenvalue weighted by Gasteiger charge is 2.12. The van der Waals surface area contributed by atoms with Gasteiger partial charge >= 0.3 is 0 Å². The van der Waals surface area contributed by atoms with Gasteiger partial charge in [-0.1, -0.05) is 41.4 Å². The van der Waals surface area contributed by atoms with E-state index in [1.165, 1.54) is 6.08 Å². The summed E-state index contributed by atoms with van der Waals surface area (Å²) >= 11 is 11.9. The molecule has 0 aliphatic rings. The van der Waals surface area contributed by atoms with E-state index in [2.05, 4.69) is 5.32 Å². The Labute approximate surface area is 143 Å². The van der Waals surface area contributed by atoms with E-state index < -0.39 is 5.91 Å². The maximum absolute atomic E-state index is 12.2. The van der Waals surface area contributed by atoms with Crippen molar-refractivity contribution in [1.29, 1.82) is 10.5 Å². The number of amides is 1. The molecule has 0 radical (unpaired) electrons. The van der Waals surface area contributed by atoms with E-state index in [1.807, 2.05) is 12.1 Å². The maximum atomic E-state index is 12.2. The Hall–Kier alpha value is -2.79. The molecule has 23 heavy (non-hydrogen) atoms. The Morgan fingerprint density at radius 2 is 1.87 bits per heavy atom. The van der Waals surface area contributed by atoms with Gasteiger partial charge in [0, 0.05) is 0 Å². The molecule has 0 saturated carbocycles. The van der Waals surface area contributed by atoms with E-state index in [-0.39, 0.29) is 10.6 Å². The van der Waals surface area contributed by atoms with Gasteiger partial charge in [-0.05, 0) is 35.9 Å². The smallest absolute Gasteiger partial charge is 0.266 e. The molecule has 1 amide bonds. The summed E-state index contributed by atoms with van der Waals surface area (Å²) in [6.07, 6.45) is 1.40. The molecule has 0 bridgehead atoms. The van der Waals surface area contributed by atoms with Gasteiger partial charge in [-0.2, -0.15) is 10.5 Å². The van der Waals surface area contributed by atoms with Crippen LogP contribution in [0.4, 0.5) is 5.69 Å². The van der Waals surface area contributed by atoms with Crippen LogP contribution < -0.4 is 5.32 Å². The fourth-order valence-corrected chi connectivity index (χ4v) is 2.15. The molecule has 0 saturated heterocycles. The average Bonchev–Trinajstić information content (AvgIpc) is 2.57. The minimum atomic E-state index is -0.612. The third kappa shape index (κ3) is 4.11. The van der Waals surface area contributed by atoms with Crippen molar-refractivity contribution in [2.45, 2.75) is 0 Å². The lowest BCUT2D eigenvalue weighted by Gasteiger charge is -2.07. The standard InChI is InChI=1S/C17H9Cl2N3O/c18-14-5-2-6-15(16(14)19)22-17(23)13(10-21)8-11-3-1-4-12(7-11)9-20/h1-8H,(H,22,23)/b13-8+. The molecule has 1 N–H and O–H groups in total. The van der Waals surface area contributed by atoms with Crippen molar-refractivity contribution in [3.8, 4) is 12.1 Å². The Morgan fingerprint density at radius 3 is 2.57 bits per heavy atom. The van der Waals surface area contributed by atoms with Crippen molar-refractivity contribution in [1.82, 2.24) is 0 Å². The molecule has 0 unspecified atom stereocenters. The lowest BCUT2D eigenvalue weighted by atomic mass is 10.1. The first-order chi connectivity index (χ1) is 11.0. The number of benzene rings is 2. The van der Waals surface area contributed by atoms with E-state index in [4.69, 9.17) is 28.5 Å². The van der Waals surface area contributed by atoms with Gasteiger partial charge in [-0.3, -0.25) is 4.79 Å². The largest absolute Gasteiger partial charge is 0.320 e. The molecule has 2 rings (SSSR count). The van der Waals surface area contributed by atoms with Gasteiger partial charge in [0.05, 0.1) is 27.4 Å². The quantitative estimate of drug-likeness (QED) is 0.663. The minimum absolute atomic E-state index is 0.115. The second-order valence-corrected chi connectivity index (χ2v) is 5.25. The minimum Gasteiger partial charge on any atom is -0.320 e. The highest BCUT2D eigenvalue weighted by Crippen LogP contribution is 2.29. The first-order valence-electron chi connectivity index (χ1n) is 6.42. The van der Waals surface area contributed by atoms with Crippen LogP contribution in [-0.4, -0.2) is 5.91 Å². The number of hydrogen-bond acceptors (Lipinski definition) is 3. The van der Waals surface area contributed by atoms with Crippen LogP contribution in [0.15, 0.2) is 48.0 Å². The third-order valence-electron chi connectivity index (χ3n) is 2.89. The molecular weight excluding hydrogens is 333 g/mol. The molecule has 0 fully saturated rings. The molecule has 6 heteroatoms. The van der Waals surface area contributed by atoms with Gasteiger partial charge in [0.15, 0.2) is 0 Å². The summed E-state index contributed by atoms with van der Waals surface area (Å²) in [5, 5.41) is 21.1. The normalized spacial score (nSPS) is 10.5. The Balaban J connectivity index is 2.28. The predicted molar refractivity (Wildman–Crippen MR) is 89.8 cm³/mol. The van der Waals surface area contributed by atoms with Crippen LogP contribution in [-0.2, 0) is 4.79 Å². The molecule has 2 aromatic carbocycles. The Morgan fingerprint density at radius 1 is 1.13 bits per heavy atom. The van der Waals surface area contributed by atoms with Crippen LogP contribution in [0.3, 0.4) is 0 Å². The lowest BCUT2D eigenvalue weighted by Crippen LogP contribution is -2.13. The number of nitrogens with one attached hydrogen (secondary N) is 1. The molecular formula is C17H9Cl2N3O. The molecule has 0 spiro atoms. The van der Waals surface area contributed by atoms with E-state index in [9.17, 15) is 10.1 Å². The molecule has 2 aromatic rings. The van der Waals surface area contributed by atoms with Gasteiger partial charge in [0.1, 0.15) is 11.6 Å². The van der Waals surface area contributed by atoms with Crippen LogP contribution in [0.5, 0.6) is 0 Å². The number of rotatable bonds is 3. The maximum Gasteiger partial charge on any atom is 0.266 e. The molecule has 0 aliphatic carbocycles. The van der Waals surface area contributed by atoms with Crippen LogP contribution in [0.1, 0.15) is 11.1 Å². The molecule has 112 valence electrons. The lowest BCUT2D eigenvalue weighted by molar-refractivity contribution is -0.112. The van der Waals surface area contributed by atoms with Crippen molar-refractivity contribution in [3.63, 3.8) is 0 Å². The Kier molecular flexibility index (Phi) is 5.38. The predicted octanol–water partition coefficient (Wildman–Crippen LogP) is 4.41. The highest BCUT2D eigenvalue weighted by molar-refractivity contribution is 6.44. The SMILES string of the molecule is N#C/C(=C\c1cccc(C#N)c1)C(=O)Nc1cccc(Cl)c1Cl. The van der Waals surface area contributed by atoms with E-state index in [0.717, 1.165) is 0 Å². The summed E-state index contributed by atoms with van der Waals surface area (Å²) in [6, 6.07) is 15.2. The van der Waals surface area contributed by atoms with E-state index in [0.29, 0.717) is 21.8 Å². The number of carbonyl (C=O) groups is 1. The zero-order chi connectivity index (χ0) is 16.8. The summed E-state index contributed by atoms with van der Waals surface area (Å²) in [6.45, 7) is 0. The summed E-state index contributed by atoms with van der Waals surface area (Å²) < 4.78 is 0. The summed E-state index contributed by atoms with van der Waals surface area (Å²) in [5.41, 5.74) is 1.22. The topological polar surface area (TPSA) is 76.7 Å². The second kappa shape index (κ2) is 7.47. The third-order valence-corrected chi connectivity index (χ3v) is 3.71. The van der Waals surface area contributed by atoms with Crippen LogP contribution >= 0.6 is 23.2 Å². The van der Waals surface area contributed by atoms with Crippen molar-refractivity contribution in [2.75, 3.05) is 5.32 Å². The Bertz CT molecular complexity index is 876. The number of anilines is 1. The number of halogens is 2. The molecule has 0 heterocycles. The van der Waals surface area contributed by atoms with Crippen molar-refractivity contribution in [2.24, 2.45) is 0 Å². The number of hydrogen-bond donors (Lipinski definition) is 1. The van der Waals surface area contributed by atoms with Crippen LogP contribution in [0.2, 0.25) is 10.0 Å². The van der Waals surface area contributed by atoms with Crippen molar-refractivity contribution < 1.29 is 4.79 Å². The molecule has 0 aromatic heterocycles. The number of nitriles is 2.